The van der Waals surface area contributed by atoms with Crippen molar-refractivity contribution in [2.45, 2.75) is 24.0 Å². The maximum Gasteiger partial charge on any atom is 0.306 e. The lowest BCUT2D eigenvalue weighted by Gasteiger charge is -2.15. The van der Waals surface area contributed by atoms with E-state index in [2.05, 4.69) is 4.72 Å². The quantitative estimate of drug-likeness (QED) is 0.488. The van der Waals surface area contributed by atoms with Gasteiger partial charge < -0.3 is 10.8 Å². The third-order valence-electron chi connectivity index (χ3n) is 2.55. The van der Waals surface area contributed by atoms with E-state index in [0.29, 0.717) is 12.1 Å². The van der Waals surface area contributed by atoms with Crippen molar-refractivity contribution in [2.75, 3.05) is 6.54 Å². The number of nitro groups is 1. The summed E-state index contributed by atoms with van der Waals surface area (Å²) in [6.45, 7) is 1.13. The smallest absolute Gasteiger partial charge is 0.306 e. The van der Waals surface area contributed by atoms with Crippen LogP contribution in [0.4, 0.5) is 10.1 Å². The molecule has 0 aliphatic carbocycles. The highest BCUT2D eigenvalue weighted by molar-refractivity contribution is 7.89. The van der Waals surface area contributed by atoms with E-state index in [4.69, 9.17) is 10.8 Å². The Labute approximate surface area is 114 Å². The van der Waals surface area contributed by atoms with Crippen molar-refractivity contribution in [3.63, 3.8) is 0 Å². The number of halogens is 1. The lowest BCUT2D eigenvalue weighted by molar-refractivity contribution is -0.387. The number of sulfonamides is 1. The molecule has 0 fully saturated rings. The van der Waals surface area contributed by atoms with Gasteiger partial charge in [0.25, 0.3) is 0 Å². The maximum atomic E-state index is 13.1. The molecule has 0 saturated heterocycles. The van der Waals surface area contributed by atoms with Crippen LogP contribution in [0.2, 0.25) is 0 Å². The second kappa shape index (κ2) is 6.22. The van der Waals surface area contributed by atoms with Gasteiger partial charge in [0.05, 0.1) is 15.9 Å². The summed E-state index contributed by atoms with van der Waals surface area (Å²) in [6.07, 6.45) is -0.930. The van der Waals surface area contributed by atoms with Gasteiger partial charge in [0, 0.05) is 18.7 Å². The average Bonchev–Trinajstić information content (AvgIpc) is 2.35. The Morgan fingerprint density at radius 1 is 1.55 bits per heavy atom. The van der Waals surface area contributed by atoms with E-state index in [-0.39, 0.29) is 6.54 Å². The van der Waals surface area contributed by atoms with Crippen LogP contribution in [0.3, 0.4) is 0 Å². The molecular weight excluding hydrogens is 293 g/mol. The van der Waals surface area contributed by atoms with Crippen LogP contribution in [-0.2, 0) is 10.0 Å². The number of nitro benzene ring substituents is 1. The van der Waals surface area contributed by atoms with Gasteiger partial charge in [-0.2, -0.15) is 4.39 Å². The van der Waals surface area contributed by atoms with Gasteiger partial charge in [-0.05, 0) is 19.1 Å². The molecule has 0 aromatic heterocycles. The Balaban J connectivity index is 2.99. The molecule has 0 spiro atoms. The van der Waals surface area contributed by atoms with Crippen molar-refractivity contribution in [2.24, 2.45) is 5.73 Å². The Morgan fingerprint density at radius 2 is 2.15 bits per heavy atom. The van der Waals surface area contributed by atoms with Gasteiger partial charge in [-0.25, -0.2) is 13.1 Å². The van der Waals surface area contributed by atoms with Crippen LogP contribution in [-0.4, -0.2) is 37.1 Å². The number of aliphatic hydroxyl groups excluding tert-OH is 1. The molecule has 10 heteroatoms. The molecule has 0 aliphatic rings. The number of aliphatic hydroxyl groups is 1. The van der Waals surface area contributed by atoms with Gasteiger partial charge in [0.15, 0.2) is 0 Å². The highest BCUT2D eigenvalue weighted by Crippen LogP contribution is 2.21. The predicted octanol–water partition coefficient (Wildman–Crippen LogP) is -0.280. The van der Waals surface area contributed by atoms with Crippen molar-refractivity contribution >= 4 is 15.7 Å². The Kier molecular flexibility index (Phi) is 5.11. The minimum atomic E-state index is -4.07. The predicted molar refractivity (Wildman–Crippen MR) is 67.9 cm³/mol. The molecule has 2 atom stereocenters. The summed E-state index contributed by atoms with van der Waals surface area (Å²) in [7, 11) is -4.07. The fourth-order valence-electron chi connectivity index (χ4n) is 1.26. The zero-order valence-electron chi connectivity index (χ0n) is 10.5. The molecular formula is C10H14FN3O5S. The SMILES string of the molecule is CC(O)C(N)CNS(=O)(=O)c1ccc(F)c([N+](=O)[O-])c1. The highest BCUT2D eigenvalue weighted by Gasteiger charge is 2.22. The number of nitrogens with two attached hydrogens (primary N) is 1. The van der Waals surface area contributed by atoms with Crippen molar-refractivity contribution < 1.29 is 22.8 Å². The fraction of sp³-hybridized carbons (Fsp3) is 0.400. The van der Waals surface area contributed by atoms with Crippen LogP contribution < -0.4 is 10.5 Å². The maximum absolute atomic E-state index is 13.1. The van der Waals surface area contributed by atoms with Gasteiger partial charge in [-0.3, -0.25) is 10.1 Å². The topological polar surface area (TPSA) is 136 Å². The third kappa shape index (κ3) is 3.93. The molecule has 0 aliphatic heterocycles. The standard InChI is InChI=1S/C10H14FN3O5S/c1-6(15)9(12)5-13-20(18,19)7-2-3-8(11)10(4-7)14(16)17/h2-4,6,9,13,15H,5,12H2,1H3. The first-order valence-electron chi connectivity index (χ1n) is 5.52. The van der Waals surface area contributed by atoms with E-state index >= 15 is 0 Å². The minimum Gasteiger partial charge on any atom is -0.392 e. The summed E-state index contributed by atoms with van der Waals surface area (Å²) in [5.74, 6) is -1.13. The lowest BCUT2D eigenvalue weighted by atomic mass is 10.2. The molecule has 8 nitrogen and oxygen atoms in total. The molecule has 1 aromatic rings. The summed E-state index contributed by atoms with van der Waals surface area (Å²) in [5, 5.41) is 19.7. The van der Waals surface area contributed by atoms with Crippen LogP contribution >= 0.6 is 0 Å². The molecule has 112 valence electrons. The van der Waals surface area contributed by atoms with Crippen LogP contribution in [0.25, 0.3) is 0 Å². The summed E-state index contributed by atoms with van der Waals surface area (Å²) < 4.78 is 38.9. The lowest BCUT2D eigenvalue weighted by Crippen LogP contribution is -2.43. The van der Waals surface area contributed by atoms with Gasteiger partial charge in [0.2, 0.25) is 15.8 Å². The Morgan fingerprint density at radius 3 is 2.65 bits per heavy atom. The fourth-order valence-corrected chi connectivity index (χ4v) is 2.35. The van der Waals surface area contributed by atoms with Crippen LogP contribution in [0.1, 0.15) is 6.92 Å². The Hall–Kier alpha value is -1.62. The number of benzene rings is 1. The van der Waals surface area contributed by atoms with E-state index in [9.17, 15) is 22.9 Å². The number of rotatable bonds is 6. The van der Waals surface area contributed by atoms with Crippen molar-refractivity contribution in [1.29, 1.82) is 0 Å². The largest absolute Gasteiger partial charge is 0.392 e. The molecule has 4 N–H and O–H groups in total. The molecule has 2 unspecified atom stereocenters. The van der Waals surface area contributed by atoms with Crippen LogP contribution in [0, 0.1) is 15.9 Å². The van der Waals surface area contributed by atoms with Crippen molar-refractivity contribution in [3.05, 3.63) is 34.1 Å². The molecule has 0 radical (unpaired) electrons. The monoisotopic (exact) mass is 307 g/mol. The van der Waals surface area contributed by atoms with Gasteiger partial charge in [-0.1, -0.05) is 0 Å². The van der Waals surface area contributed by atoms with E-state index in [1.165, 1.54) is 6.92 Å². The van der Waals surface area contributed by atoms with Gasteiger partial charge >= 0.3 is 5.69 Å². The number of hydrogen-bond acceptors (Lipinski definition) is 6. The third-order valence-corrected chi connectivity index (χ3v) is 3.97. The molecule has 0 amide bonds. The molecule has 0 heterocycles. The van der Waals surface area contributed by atoms with E-state index in [1.807, 2.05) is 0 Å². The number of hydrogen-bond donors (Lipinski definition) is 3. The molecule has 1 aromatic carbocycles. The second-order valence-corrected chi connectivity index (χ2v) is 5.89. The van der Waals surface area contributed by atoms with E-state index < -0.39 is 43.5 Å². The number of nitrogens with zero attached hydrogens (tertiary/aromatic N) is 1. The zero-order chi connectivity index (χ0) is 15.5. The van der Waals surface area contributed by atoms with Crippen LogP contribution in [0.5, 0.6) is 0 Å². The van der Waals surface area contributed by atoms with Crippen molar-refractivity contribution in [3.8, 4) is 0 Å². The molecule has 1 rings (SSSR count). The normalized spacial score (nSPS) is 14.8. The minimum absolute atomic E-state index is 0.259. The first-order chi connectivity index (χ1) is 9.15. The molecule has 0 saturated carbocycles. The first-order valence-corrected chi connectivity index (χ1v) is 7.00. The first kappa shape index (κ1) is 16.4. The van der Waals surface area contributed by atoms with E-state index in [1.54, 1.807) is 0 Å². The van der Waals surface area contributed by atoms with Crippen molar-refractivity contribution in [1.82, 2.24) is 4.72 Å². The summed E-state index contributed by atoms with van der Waals surface area (Å²) in [6, 6.07) is 1.38. The van der Waals surface area contributed by atoms with Crippen LogP contribution in [0.15, 0.2) is 23.1 Å². The summed E-state index contributed by atoms with van der Waals surface area (Å²) >= 11 is 0. The Bertz CT molecular complexity index is 605. The second-order valence-electron chi connectivity index (χ2n) is 4.13. The van der Waals surface area contributed by atoms with Gasteiger partial charge in [0.1, 0.15) is 0 Å². The summed E-state index contributed by atoms with van der Waals surface area (Å²) in [5.41, 5.74) is 4.52. The number of nitrogens with one attached hydrogen (secondary N) is 1. The molecule has 20 heavy (non-hydrogen) atoms. The zero-order valence-corrected chi connectivity index (χ0v) is 11.3. The highest BCUT2D eigenvalue weighted by atomic mass is 32.2. The van der Waals surface area contributed by atoms with E-state index in [0.717, 1.165) is 6.07 Å². The molecule has 0 bridgehead atoms. The summed E-state index contributed by atoms with van der Waals surface area (Å²) in [4.78, 5) is 9.08. The average molecular weight is 307 g/mol. The van der Waals surface area contributed by atoms with Gasteiger partial charge in [-0.15, -0.1) is 0 Å².